The summed E-state index contributed by atoms with van der Waals surface area (Å²) in [6.07, 6.45) is 9.82. The van der Waals surface area contributed by atoms with Crippen LogP contribution in [0.3, 0.4) is 0 Å². The van der Waals surface area contributed by atoms with Crippen LogP contribution in [0.1, 0.15) is 83.9 Å². The Bertz CT molecular complexity index is 1100. The molecule has 212 valence electrons. The molecule has 4 heterocycles. The molecule has 3 fully saturated rings. The lowest BCUT2D eigenvalue weighted by molar-refractivity contribution is -0.0547. The van der Waals surface area contributed by atoms with E-state index in [1.807, 2.05) is 11.8 Å². The molecule has 1 aromatic heterocycles. The van der Waals surface area contributed by atoms with Crippen LogP contribution >= 0.6 is 0 Å². The molecule has 0 bridgehead atoms. The fraction of sp³-hybridized carbons (Fsp3) is 0.645. The summed E-state index contributed by atoms with van der Waals surface area (Å²) in [7, 11) is 1.75. The first-order chi connectivity index (χ1) is 19.0. The van der Waals surface area contributed by atoms with Crippen LogP contribution in [0.5, 0.6) is 0 Å². The van der Waals surface area contributed by atoms with Gasteiger partial charge in [0.25, 0.3) is 5.91 Å². The van der Waals surface area contributed by atoms with Crippen molar-refractivity contribution in [3.05, 3.63) is 58.7 Å². The van der Waals surface area contributed by atoms with Gasteiger partial charge in [0.15, 0.2) is 0 Å². The van der Waals surface area contributed by atoms with Gasteiger partial charge in [-0.15, -0.1) is 0 Å². The van der Waals surface area contributed by atoms with Gasteiger partial charge in [-0.05, 0) is 70.8 Å². The highest BCUT2D eigenvalue weighted by Gasteiger charge is 2.31. The van der Waals surface area contributed by atoms with Gasteiger partial charge in [-0.2, -0.15) is 0 Å². The SMILES string of the molecule is CO[C@@H]1COCC[C@@H]1NC1CCN(C(=O)c2ncnc(CC[C@H]3CCC[C@@H](c4cccc(C)c4)O3)c2C)CC1. The summed E-state index contributed by atoms with van der Waals surface area (Å²) < 4.78 is 17.7. The maximum atomic E-state index is 13.5. The summed E-state index contributed by atoms with van der Waals surface area (Å²) in [6, 6.07) is 9.34. The average Bonchev–Trinajstić information content (AvgIpc) is 2.97. The normalized spacial score (nSPS) is 26.5. The lowest BCUT2D eigenvalue weighted by Crippen LogP contribution is -2.54. The predicted molar refractivity (Wildman–Crippen MR) is 150 cm³/mol. The summed E-state index contributed by atoms with van der Waals surface area (Å²) in [5.41, 5.74) is 4.94. The van der Waals surface area contributed by atoms with E-state index in [0.717, 1.165) is 75.9 Å². The number of aryl methyl sites for hydroxylation is 2. The first-order valence-electron chi connectivity index (χ1n) is 14.7. The van der Waals surface area contributed by atoms with Crippen LogP contribution in [0, 0.1) is 13.8 Å². The predicted octanol–water partition coefficient (Wildman–Crippen LogP) is 4.33. The number of likely N-dealkylation sites (tertiary alicyclic amines) is 1. The van der Waals surface area contributed by atoms with Crippen molar-refractivity contribution < 1.29 is 19.0 Å². The van der Waals surface area contributed by atoms with Crippen molar-refractivity contribution in [1.82, 2.24) is 20.2 Å². The molecular weight excluding hydrogens is 492 g/mol. The topological polar surface area (TPSA) is 85.8 Å². The molecule has 0 unspecified atom stereocenters. The van der Waals surface area contributed by atoms with Gasteiger partial charge >= 0.3 is 0 Å². The van der Waals surface area contributed by atoms with Crippen LogP contribution in [-0.4, -0.2) is 78.5 Å². The third-order valence-electron chi connectivity index (χ3n) is 8.70. The number of methoxy groups -OCH3 is 1. The molecule has 8 heteroatoms. The molecule has 0 radical (unpaired) electrons. The molecule has 5 rings (SSSR count). The standard InChI is InChI=1S/C31H44N4O4/c1-21-6-4-7-23(18-21)28-9-5-8-25(39-28)10-11-26-22(2)30(33-20-32-26)31(36)35-15-12-24(13-16-35)34-27-14-17-38-19-29(27)37-3/h4,6-7,18,20,24-25,27-29,34H,5,8-17,19H2,1-3H3/t25-,27+,28+,29-/m1/s1. The second kappa shape index (κ2) is 13.3. The van der Waals surface area contributed by atoms with Crippen LogP contribution in [0.2, 0.25) is 0 Å². The molecular formula is C31H44N4O4. The van der Waals surface area contributed by atoms with Gasteiger partial charge in [-0.25, -0.2) is 9.97 Å². The first-order valence-corrected chi connectivity index (χ1v) is 14.7. The number of ether oxygens (including phenoxy) is 3. The molecule has 8 nitrogen and oxygen atoms in total. The van der Waals surface area contributed by atoms with Gasteiger partial charge in [0.1, 0.15) is 12.0 Å². The number of rotatable bonds is 8. The number of piperidine rings is 1. The van der Waals surface area contributed by atoms with Crippen molar-refractivity contribution in [3.63, 3.8) is 0 Å². The second-order valence-electron chi connectivity index (χ2n) is 11.4. The van der Waals surface area contributed by atoms with E-state index in [-0.39, 0.29) is 24.2 Å². The van der Waals surface area contributed by atoms with Crippen molar-refractivity contribution in [2.24, 2.45) is 0 Å². The Morgan fingerprint density at radius 2 is 1.97 bits per heavy atom. The monoisotopic (exact) mass is 536 g/mol. The Morgan fingerprint density at radius 3 is 2.77 bits per heavy atom. The van der Waals surface area contributed by atoms with E-state index >= 15 is 0 Å². The van der Waals surface area contributed by atoms with Crippen LogP contribution < -0.4 is 5.32 Å². The number of nitrogens with zero attached hydrogens (tertiary/aromatic N) is 3. The van der Waals surface area contributed by atoms with Crippen molar-refractivity contribution in [2.45, 2.75) is 95.6 Å². The molecule has 3 saturated heterocycles. The lowest BCUT2D eigenvalue weighted by Gasteiger charge is -2.38. The fourth-order valence-electron chi connectivity index (χ4n) is 6.32. The highest BCUT2D eigenvalue weighted by Crippen LogP contribution is 2.33. The van der Waals surface area contributed by atoms with Crippen molar-refractivity contribution in [3.8, 4) is 0 Å². The number of benzene rings is 1. The molecule has 4 atom stereocenters. The van der Waals surface area contributed by atoms with Gasteiger partial charge in [0.2, 0.25) is 0 Å². The molecule has 3 aliphatic rings. The van der Waals surface area contributed by atoms with E-state index in [1.165, 1.54) is 17.5 Å². The smallest absolute Gasteiger partial charge is 0.272 e. The Hall–Kier alpha value is -2.39. The minimum atomic E-state index is 0.0175. The van der Waals surface area contributed by atoms with Gasteiger partial charge in [0.05, 0.1) is 24.9 Å². The van der Waals surface area contributed by atoms with Crippen molar-refractivity contribution in [2.75, 3.05) is 33.4 Å². The van der Waals surface area contributed by atoms with Crippen molar-refractivity contribution in [1.29, 1.82) is 0 Å². The maximum absolute atomic E-state index is 13.5. The summed E-state index contributed by atoms with van der Waals surface area (Å²) in [5.74, 6) is 0.0175. The van der Waals surface area contributed by atoms with E-state index in [4.69, 9.17) is 14.2 Å². The van der Waals surface area contributed by atoms with Crippen LogP contribution in [0.15, 0.2) is 30.6 Å². The molecule has 1 aromatic carbocycles. The van der Waals surface area contributed by atoms with Crippen LogP contribution in [0.25, 0.3) is 0 Å². The average molecular weight is 537 g/mol. The van der Waals surface area contributed by atoms with E-state index in [2.05, 4.69) is 46.5 Å². The number of nitrogens with one attached hydrogen (secondary N) is 1. The third-order valence-corrected chi connectivity index (χ3v) is 8.70. The molecule has 0 spiro atoms. The molecule has 1 amide bonds. The third kappa shape index (κ3) is 7.04. The minimum Gasteiger partial charge on any atom is -0.379 e. The zero-order valence-corrected chi connectivity index (χ0v) is 23.7. The molecule has 3 aliphatic heterocycles. The van der Waals surface area contributed by atoms with Crippen LogP contribution in [-0.2, 0) is 20.6 Å². The Labute approximate surface area is 232 Å². The zero-order valence-electron chi connectivity index (χ0n) is 23.7. The summed E-state index contributed by atoms with van der Waals surface area (Å²) >= 11 is 0. The van der Waals surface area contributed by atoms with E-state index in [9.17, 15) is 4.79 Å². The number of carbonyl (C=O) groups is 1. The number of aromatic nitrogens is 2. The highest BCUT2D eigenvalue weighted by molar-refractivity contribution is 5.93. The van der Waals surface area contributed by atoms with Crippen molar-refractivity contribution >= 4 is 5.91 Å². The van der Waals surface area contributed by atoms with Gasteiger partial charge < -0.3 is 24.4 Å². The minimum absolute atomic E-state index is 0.0175. The lowest BCUT2D eigenvalue weighted by atomic mass is 9.95. The van der Waals surface area contributed by atoms with Crippen LogP contribution in [0.4, 0.5) is 0 Å². The van der Waals surface area contributed by atoms with Gasteiger partial charge in [0, 0.05) is 50.1 Å². The summed E-state index contributed by atoms with van der Waals surface area (Å²) in [4.78, 5) is 24.4. The van der Waals surface area contributed by atoms with E-state index in [1.54, 1.807) is 13.4 Å². The highest BCUT2D eigenvalue weighted by atomic mass is 16.5. The fourth-order valence-corrected chi connectivity index (χ4v) is 6.32. The zero-order chi connectivity index (χ0) is 27.2. The van der Waals surface area contributed by atoms with E-state index in [0.29, 0.717) is 24.4 Å². The number of amides is 1. The maximum Gasteiger partial charge on any atom is 0.272 e. The first kappa shape index (κ1) is 28.1. The molecule has 0 saturated carbocycles. The summed E-state index contributed by atoms with van der Waals surface area (Å²) in [5, 5.41) is 3.76. The largest absolute Gasteiger partial charge is 0.379 e. The molecule has 0 aliphatic carbocycles. The van der Waals surface area contributed by atoms with Gasteiger partial charge in [-0.1, -0.05) is 29.8 Å². The number of carbonyl (C=O) groups excluding carboxylic acids is 1. The van der Waals surface area contributed by atoms with E-state index < -0.39 is 0 Å². The summed E-state index contributed by atoms with van der Waals surface area (Å²) in [6.45, 7) is 6.98. The molecule has 2 aromatic rings. The Balaban J connectivity index is 1.14. The number of hydrogen-bond acceptors (Lipinski definition) is 7. The second-order valence-corrected chi connectivity index (χ2v) is 11.4. The Morgan fingerprint density at radius 1 is 1.13 bits per heavy atom. The molecule has 39 heavy (non-hydrogen) atoms. The Kier molecular flexibility index (Phi) is 9.61. The van der Waals surface area contributed by atoms with Gasteiger partial charge in [-0.3, -0.25) is 4.79 Å². The quantitative estimate of drug-likeness (QED) is 0.537. The molecule has 1 N–H and O–H groups in total. The number of hydrogen-bond donors (Lipinski definition) is 1.